The van der Waals surface area contributed by atoms with Gasteiger partial charge < -0.3 is 0 Å². The molecule has 2 aromatic carbocycles. The quantitative estimate of drug-likeness (QED) is 0.617. The van der Waals surface area contributed by atoms with Crippen LogP contribution in [0.2, 0.25) is 0 Å². The van der Waals surface area contributed by atoms with Crippen LogP contribution in [0.25, 0.3) is 33.5 Å². The zero-order chi connectivity index (χ0) is 15.6. The summed E-state index contributed by atoms with van der Waals surface area (Å²) in [5, 5.41) is 9.10. The minimum absolute atomic E-state index is 0.307. The maximum Gasteiger partial charge on any atom is 0.300 e. The van der Waals surface area contributed by atoms with Crippen molar-refractivity contribution < 1.29 is 0 Å². The fourth-order valence-electron chi connectivity index (χ4n) is 2.56. The van der Waals surface area contributed by atoms with Crippen LogP contribution in [0.15, 0.2) is 71.7 Å². The standard InChI is InChI=1S/C18H12N4O/c23-18-16(14-9-5-7-12-6-1-2-8-13(12)14)21-22-17(20-18)15-10-3-4-11-19-15/h1-11H,(H,20,22,23). The highest BCUT2D eigenvalue weighted by atomic mass is 16.1. The van der Waals surface area contributed by atoms with Crippen molar-refractivity contribution in [1.82, 2.24) is 20.2 Å². The van der Waals surface area contributed by atoms with Crippen LogP contribution in [0.5, 0.6) is 0 Å². The van der Waals surface area contributed by atoms with Crippen LogP contribution in [0.3, 0.4) is 0 Å². The fraction of sp³-hybridized carbons (Fsp3) is 0. The van der Waals surface area contributed by atoms with Gasteiger partial charge in [-0.1, -0.05) is 48.5 Å². The summed E-state index contributed by atoms with van der Waals surface area (Å²) in [6.45, 7) is 0. The molecule has 5 nitrogen and oxygen atoms in total. The van der Waals surface area contributed by atoms with Crippen molar-refractivity contribution in [3.63, 3.8) is 0 Å². The minimum Gasteiger partial charge on any atom is -0.265 e. The van der Waals surface area contributed by atoms with Crippen molar-refractivity contribution in [3.05, 3.63) is 77.2 Å². The van der Waals surface area contributed by atoms with E-state index in [9.17, 15) is 4.79 Å². The van der Waals surface area contributed by atoms with Gasteiger partial charge in [0.15, 0.2) is 11.5 Å². The second-order valence-electron chi connectivity index (χ2n) is 5.08. The monoisotopic (exact) mass is 300 g/mol. The molecule has 4 rings (SSSR count). The Morgan fingerprint density at radius 3 is 2.52 bits per heavy atom. The lowest BCUT2D eigenvalue weighted by Gasteiger charge is -2.05. The number of rotatable bonds is 2. The summed E-state index contributed by atoms with van der Waals surface area (Å²) < 4.78 is 0. The molecule has 0 saturated heterocycles. The SMILES string of the molecule is O=c1nc(-c2ccccn2)[nH]nc1-c1cccc2ccccc12. The zero-order valence-corrected chi connectivity index (χ0v) is 12.1. The largest absolute Gasteiger partial charge is 0.300 e. The molecule has 0 fully saturated rings. The van der Waals surface area contributed by atoms with Gasteiger partial charge in [0, 0.05) is 11.8 Å². The number of nitrogens with one attached hydrogen (secondary N) is 1. The summed E-state index contributed by atoms with van der Waals surface area (Å²) >= 11 is 0. The van der Waals surface area contributed by atoms with Crippen molar-refractivity contribution in [2.45, 2.75) is 0 Å². The molecule has 2 heterocycles. The van der Waals surface area contributed by atoms with Crippen molar-refractivity contribution >= 4 is 10.8 Å². The van der Waals surface area contributed by atoms with E-state index in [-0.39, 0.29) is 5.56 Å². The number of pyridine rings is 1. The van der Waals surface area contributed by atoms with E-state index < -0.39 is 0 Å². The third-order valence-electron chi connectivity index (χ3n) is 3.64. The van der Waals surface area contributed by atoms with Gasteiger partial charge in [-0.05, 0) is 22.9 Å². The van der Waals surface area contributed by atoms with Crippen molar-refractivity contribution in [3.8, 4) is 22.8 Å². The summed E-state index contributed by atoms with van der Waals surface area (Å²) in [7, 11) is 0. The van der Waals surface area contributed by atoms with Crippen LogP contribution >= 0.6 is 0 Å². The molecule has 23 heavy (non-hydrogen) atoms. The van der Waals surface area contributed by atoms with E-state index in [1.165, 1.54) is 0 Å². The summed E-state index contributed by atoms with van der Waals surface area (Å²) in [6.07, 6.45) is 1.65. The third kappa shape index (κ3) is 2.38. The Kier molecular flexibility index (Phi) is 3.16. The molecule has 2 aromatic heterocycles. The van der Waals surface area contributed by atoms with Crippen molar-refractivity contribution in [1.29, 1.82) is 0 Å². The first kappa shape index (κ1) is 13.3. The molecule has 0 amide bonds. The normalized spacial score (nSPS) is 10.8. The van der Waals surface area contributed by atoms with Crippen LogP contribution in [-0.2, 0) is 0 Å². The van der Waals surface area contributed by atoms with Gasteiger partial charge in [0.1, 0.15) is 5.69 Å². The van der Waals surface area contributed by atoms with E-state index in [0.29, 0.717) is 17.2 Å². The lowest BCUT2D eigenvalue weighted by atomic mass is 10.0. The number of fused-ring (bicyclic) bond motifs is 1. The zero-order valence-electron chi connectivity index (χ0n) is 12.1. The lowest BCUT2D eigenvalue weighted by Crippen LogP contribution is -2.14. The summed E-state index contributed by atoms with van der Waals surface area (Å²) in [5.41, 5.74) is 1.29. The van der Waals surface area contributed by atoms with Gasteiger partial charge in [-0.25, -0.2) is 0 Å². The summed E-state index contributed by atoms with van der Waals surface area (Å²) in [4.78, 5) is 20.7. The van der Waals surface area contributed by atoms with Gasteiger partial charge in [0.05, 0.1) is 0 Å². The highest BCUT2D eigenvalue weighted by Gasteiger charge is 2.12. The molecule has 0 bridgehead atoms. The third-order valence-corrected chi connectivity index (χ3v) is 3.64. The van der Waals surface area contributed by atoms with Gasteiger partial charge in [-0.2, -0.15) is 10.1 Å². The first-order valence-corrected chi connectivity index (χ1v) is 7.19. The molecule has 0 unspecified atom stereocenters. The first-order chi connectivity index (χ1) is 11.3. The molecule has 0 atom stereocenters. The number of hydrogen-bond donors (Lipinski definition) is 1. The van der Waals surface area contributed by atoms with E-state index in [2.05, 4.69) is 20.2 Å². The lowest BCUT2D eigenvalue weighted by molar-refractivity contribution is 0.955. The second-order valence-corrected chi connectivity index (χ2v) is 5.08. The molecular formula is C18H12N4O. The molecule has 4 aromatic rings. The first-order valence-electron chi connectivity index (χ1n) is 7.19. The van der Waals surface area contributed by atoms with Crippen molar-refractivity contribution in [2.75, 3.05) is 0 Å². The van der Waals surface area contributed by atoms with Gasteiger partial charge in [0.2, 0.25) is 0 Å². The van der Waals surface area contributed by atoms with E-state index in [1.807, 2.05) is 48.5 Å². The Balaban J connectivity index is 1.88. The number of benzene rings is 2. The van der Waals surface area contributed by atoms with Crippen LogP contribution in [-0.4, -0.2) is 20.2 Å². The van der Waals surface area contributed by atoms with Crippen LogP contribution in [0.4, 0.5) is 0 Å². The summed E-state index contributed by atoms with van der Waals surface area (Å²) in [5.74, 6) is 0.361. The predicted molar refractivity (Wildman–Crippen MR) is 88.8 cm³/mol. The number of nitrogens with zero attached hydrogens (tertiary/aromatic N) is 3. The number of hydrogen-bond acceptors (Lipinski definition) is 4. The smallest absolute Gasteiger partial charge is 0.265 e. The maximum absolute atomic E-state index is 12.4. The van der Waals surface area contributed by atoms with Gasteiger partial charge in [-0.15, -0.1) is 0 Å². The number of aromatic amines is 1. The maximum atomic E-state index is 12.4. The molecule has 0 radical (unpaired) electrons. The Bertz CT molecular complexity index is 1040. The van der Waals surface area contributed by atoms with E-state index in [4.69, 9.17) is 0 Å². The fourth-order valence-corrected chi connectivity index (χ4v) is 2.56. The molecule has 0 aliphatic heterocycles. The second kappa shape index (κ2) is 5.46. The van der Waals surface area contributed by atoms with Gasteiger partial charge in [0.25, 0.3) is 5.56 Å². The molecule has 0 aliphatic rings. The van der Waals surface area contributed by atoms with E-state index in [1.54, 1.807) is 18.3 Å². The highest BCUT2D eigenvalue weighted by Crippen LogP contribution is 2.25. The summed E-state index contributed by atoms with van der Waals surface area (Å²) in [6, 6.07) is 19.1. The number of H-pyrrole nitrogens is 1. The van der Waals surface area contributed by atoms with Gasteiger partial charge in [-0.3, -0.25) is 14.9 Å². The molecule has 1 N–H and O–H groups in total. The Labute approximate surface area is 131 Å². The average Bonchev–Trinajstić information content (AvgIpc) is 2.62. The minimum atomic E-state index is -0.374. The average molecular weight is 300 g/mol. The molecular weight excluding hydrogens is 288 g/mol. The van der Waals surface area contributed by atoms with E-state index >= 15 is 0 Å². The molecule has 0 aliphatic carbocycles. The molecule has 110 valence electrons. The van der Waals surface area contributed by atoms with Gasteiger partial charge >= 0.3 is 0 Å². The van der Waals surface area contributed by atoms with Crippen LogP contribution in [0.1, 0.15) is 0 Å². The Morgan fingerprint density at radius 2 is 1.70 bits per heavy atom. The highest BCUT2D eigenvalue weighted by molar-refractivity contribution is 5.95. The topological polar surface area (TPSA) is 71.5 Å². The van der Waals surface area contributed by atoms with E-state index in [0.717, 1.165) is 16.3 Å². The van der Waals surface area contributed by atoms with Crippen molar-refractivity contribution in [2.24, 2.45) is 0 Å². The predicted octanol–water partition coefficient (Wildman–Crippen LogP) is 3.05. The van der Waals surface area contributed by atoms with Crippen LogP contribution < -0.4 is 5.56 Å². The molecule has 0 spiro atoms. The van der Waals surface area contributed by atoms with Crippen LogP contribution in [0, 0.1) is 0 Å². The Morgan fingerprint density at radius 1 is 0.870 bits per heavy atom. The molecule has 0 saturated carbocycles. The molecule has 5 heteroatoms. The number of aromatic nitrogens is 4. The Hall–Kier alpha value is -3.34.